The van der Waals surface area contributed by atoms with Crippen LogP contribution in [-0.2, 0) is 6.42 Å². The van der Waals surface area contributed by atoms with Gasteiger partial charge in [-0.1, -0.05) is 0 Å². The van der Waals surface area contributed by atoms with Crippen molar-refractivity contribution in [1.82, 2.24) is 4.98 Å². The van der Waals surface area contributed by atoms with E-state index in [2.05, 4.69) is 20.9 Å². The van der Waals surface area contributed by atoms with Crippen molar-refractivity contribution in [3.05, 3.63) is 15.0 Å². The number of hydrogen-bond acceptors (Lipinski definition) is 3. The van der Waals surface area contributed by atoms with Gasteiger partial charge in [-0.3, -0.25) is 0 Å². The van der Waals surface area contributed by atoms with Gasteiger partial charge in [-0.25, -0.2) is 4.98 Å². The molecule has 0 amide bonds. The molecule has 0 aliphatic carbocycles. The minimum atomic E-state index is -4.57. The van der Waals surface area contributed by atoms with E-state index in [0.29, 0.717) is 3.79 Å². The normalized spacial score (nSPS) is 14.5. The summed E-state index contributed by atoms with van der Waals surface area (Å²) in [7, 11) is 0. The molecule has 0 aliphatic rings. The largest absolute Gasteiger partial charge is 0.414 e. The monoisotopic (exact) mass is 275 g/mol. The summed E-state index contributed by atoms with van der Waals surface area (Å²) in [4.78, 5) is 3.68. The summed E-state index contributed by atoms with van der Waals surface area (Å²) in [6, 6.07) is 0. The van der Waals surface area contributed by atoms with E-state index in [9.17, 15) is 13.2 Å². The molecule has 0 spiro atoms. The lowest BCUT2D eigenvalue weighted by atomic mass is 10.2. The van der Waals surface area contributed by atoms with Gasteiger partial charge in [0, 0.05) is 6.42 Å². The van der Waals surface area contributed by atoms with Crippen molar-refractivity contribution in [1.29, 1.82) is 0 Å². The molecule has 13 heavy (non-hydrogen) atoms. The van der Waals surface area contributed by atoms with Gasteiger partial charge in [0.25, 0.3) is 0 Å². The average Bonchev–Trinajstić information content (AvgIpc) is 2.33. The highest BCUT2D eigenvalue weighted by molar-refractivity contribution is 9.11. The van der Waals surface area contributed by atoms with Crippen molar-refractivity contribution < 1.29 is 18.3 Å². The molecule has 1 rings (SSSR count). The first-order valence-corrected chi connectivity index (χ1v) is 4.85. The highest BCUT2D eigenvalue weighted by Crippen LogP contribution is 2.26. The highest BCUT2D eigenvalue weighted by Gasteiger charge is 2.38. The summed E-state index contributed by atoms with van der Waals surface area (Å²) in [5.41, 5.74) is 0. The number of alkyl halides is 3. The Morgan fingerprint density at radius 1 is 1.62 bits per heavy atom. The third-order valence-corrected chi connectivity index (χ3v) is 2.77. The fraction of sp³-hybridized carbons (Fsp3) is 0.500. The van der Waals surface area contributed by atoms with Crippen LogP contribution < -0.4 is 0 Å². The minimum Gasteiger partial charge on any atom is -0.383 e. The molecular weight excluding hydrogens is 271 g/mol. The molecule has 2 nitrogen and oxygen atoms in total. The van der Waals surface area contributed by atoms with Gasteiger partial charge < -0.3 is 5.11 Å². The summed E-state index contributed by atoms with van der Waals surface area (Å²) in [5.74, 6) is 0. The van der Waals surface area contributed by atoms with E-state index in [0.717, 1.165) is 11.3 Å². The molecule has 74 valence electrons. The molecule has 7 heteroatoms. The van der Waals surface area contributed by atoms with Gasteiger partial charge in [-0.05, 0) is 15.9 Å². The van der Waals surface area contributed by atoms with Crippen LogP contribution in [-0.4, -0.2) is 22.4 Å². The van der Waals surface area contributed by atoms with Gasteiger partial charge in [0.05, 0.1) is 15.0 Å². The van der Waals surface area contributed by atoms with Crippen molar-refractivity contribution in [3.63, 3.8) is 0 Å². The number of halogens is 4. The lowest BCUT2D eigenvalue weighted by molar-refractivity contribution is -0.203. The second-order valence-electron chi connectivity index (χ2n) is 2.32. The predicted molar refractivity (Wildman–Crippen MR) is 45.6 cm³/mol. The van der Waals surface area contributed by atoms with E-state index < -0.39 is 18.7 Å². The van der Waals surface area contributed by atoms with Gasteiger partial charge in [0.1, 0.15) is 0 Å². The smallest absolute Gasteiger partial charge is 0.383 e. The molecular formula is C6H5BrF3NOS. The van der Waals surface area contributed by atoms with Gasteiger partial charge >= 0.3 is 6.18 Å². The van der Waals surface area contributed by atoms with Crippen LogP contribution in [0.25, 0.3) is 0 Å². The zero-order valence-corrected chi connectivity index (χ0v) is 8.58. The van der Waals surface area contributed by atoms with Crippen molar-refractivity contribution in [2.24, 2.45) is 0 Å². The van der Waals surface area contributed by atoms with Crippen molar-refractivity contribution in [2.45, 2.75) is 18.7 Å². The van der Waals surface area contributed by atoms with Crippen LogP contribution in [0.15, 0.2) is 9.98 Å². The van der Waals surface area contributed by atoms with E-state index in [4.69, 9.17) is 5.11 Å². The minimum absolute atomic E-state index is 0.261. The van der Waals surface area contributed by atoms with E-state index in [1.807, 2.05) is 0 Å². The Balaban J connectivity index is 2.60. The van der Waals surface area contributed by atoms with Crippen LogP contribution in [0, 0.1) is 0 Å². The number of nitrogens with zero attached hydrogens (tertiary/aromatic N) is 1. The zero-order chi connectivity index (χ0) is 10.1. The maximum atomic E-state index is 11.9. The zero-order valence-electron chi connectivity index (χ0n) is 6.18. The number of aliphatic hydroxyl groups excluding tert-OH is 1. The fourth-order valence-electron chi connectivity index (χ4n) is 0.663. The lowest BCUT2D eigenvalue weighted by Gasteiger charge is -2.12. The Morgan fingerprint density at radius 2 is 2.23 bits per heavy atom. The first-order chi connectivity index (χ1) is 5.89. The second-order valence-corrected chi connectivity index (χ2v) is 4.81. The predicted octanol–water partition coefficient (Wildman–Crippen LogP) is 2.37. The van der Waals surface area contributed by atoms with Gasteiger partial charge in [-0.15, -0.1) is 11.3 Å². The molecule has 0 saturated carbocycles. The fourth-order valence-corrected chi connectivity index (χ4v) is 2.00. The summed E-state index contributed by atoms with van der Waals surface area (Å²) < 4.78 is 36.2. The molecule has 0 saturated heterocycles. The van der Waals surface area contributed by atoms with Gasteiger partial charge in [-0.2, -0.15) is 13.2 Å². The number of aliphatic hydroxyl groups is 1. The molecule has 1 heterocycles. The molecule has 0 bridgehead atoms. The molecule has 1 aromatic rings. The van der Waals surface area contributed by atoms with Crippen LogP contribution in [0.3, 0.4) is 0 Å². The maximum Gasteiger partial charge on any atom is 0.414 e. The summed E-state index contributed by atoms with van der Waals surface area (Å²) in [6.45, 7) is 0. The van der Waals surface area contributed by atoms with E-state index >= 15 is 0 Å². The van der Waals surface area contributed by atoms with Crippen LogP contribution in [0.4, 0.5) is 13.2 Å². The van der Waals surface area contributed by atoms with Crippen molar-refractivity contribution in [3.8, 4) is 0 Å². The van der Waals surface area contributed by atoms with Crippen molar-refractivity contribution in [2.75, 3.05) is 0 Å². The van der Waals surface area contributed by atoms with Crippen molar-refractivity contribution >= 4 is 27.3 Å². The molecule has 0 radical (unpaired) electrons. The average molecular weight is 276 g/mol. The van der Waals surface area contributed by atoms with Crippen LogP contribution >= 0.6 is 27.3 Å². The van der Waals surface area contributed by atoms with Crippen LogP contribution in [0.5, 0.6) is 0 Å². The summed E-state index contributed by atoms with van der Waals surface area (Å²) >= 11 is 4.14. The number of thiazole rings is 1. The SMILES string of the molecule is OC(Cc1ncc(Br)s1)C(F)(F)F. The Kier molecular flexibility index (Phi) is 3.31. The number of aromatic nitrogens is 1. The summed E-state index contributed by atoms with van der Waals surface area (Å²) in [6.07, 6.45) is -5.98. The first-order valence-electron chi connectivity index (χ1n) is 3.24. The number of rotatable bonds is 2. The summed E-state index contributed by atoms with van der Waals surface area (Å²) in [5, 5.41) is 8.94. The lowest BCUT2D eigenvalue weighted by Crippen LogP contribution is -2.30. The number of hydrogen-bond donors (Lipinski definition) is 1. The second kappa shape index (κ2) is 3.93. The molecule has 1 N–H and O–H groups in total. The van der Waals surface area contributed by atoms with Crippen LogP contribution in [0.2, 0.25) is 0 Å². The van der Waals surface area contributed by atoms with Gasteiger partial charge in [0.2, 0.25) is 0 Å². The Bertz CT molecular complexity index is 288. The van der Waals surface area contributed by atoms with Crippen LogP contribution in [0.1, 0.15) is 5.01 Å². The molecule has 1 unspecified atom stereocenters. The van der Waals surface area contributed by atoms with E-state index in [1.54, 1.807) is 0 Å². The molecule has 0 fully saturated rings. The van der Waals surface area contributed by atoms with Gasteiger partial charge in [0.15, 0.2) is 6.10 Å². The Morgan fingerprint density at radius 3 is 2.62 bits per heavy atom. The quantitative estimate of drug-likeness (QED) is 0.899. The van der Waals surface area contributed by atoms with E-state index in [1.165, 1.54) is 6.20 Å². The highest BCUT2D eigenvalue weighted by atomic mass is 79.9. The Labute approximate surface area is 84.5 Å². The Hall–Kier alpha value is -0.140. The third-order valence-electron chi connectivity index (χ3n) is 1.27. The molecule has 0 aliphatic heterocycles. The molecule has 1 atom stereocenters. The third kappa shape index (κ3) is 3.24. The maximum absolute atomic E-state index is 11.9. The first kappa shape index (κ1) is 10.9. The van der Waals surface area contributed by atoms with E-state index in [-0.39, 0.29) is 5.01 Å². The molecule has 1 aromatic heterocycles. The molecule has 0 aromatic carbocycles. The standard InChI is InChI=1S/C6H5BrF3NOS/c7-4-2-11-5(13-4)1-3(12)6(8,9)10/h2-3,12H,1H2. The topological polar surface area (TPSA) is 33.1 Å².